The average Bonchev–Trinajstić information content (AvgIpc) is 3.02. The summed E-state index contributed by atoms with van der Waals surface area (Å²) < 4.78 is 19.2. The van der Waals surface area contributed by atoms with Gasteiger partial charge in [-0.2, -0.15) is 0 Å². The molecule has 2 aromatic carbocycles. The smallest absolute Gasteiger partial charge is 0.257 e. The summed E-state index contributed by atoms with van der Waals surface area (Å²) in [4.78, 5) is 24.5. The van der Waals surface area contributed by atoms with E-state index in [2.05, 4.69) is 15.8 Å². The van der Waals surface area contributed by atoms with Crippen molar-refractivity contribution in [2.24, 2.45) is 0 Å². The second-order valence-corrected chi connectivity index (χ2v) is 6.06. The van der Waals surface area contributed by atoms with Crippen LogP contribution in [0, 0.1) is 12.7 Å². The first-order valence-corrected chi connectivity index (χ1v) is 8.39. The summed E-state index contributed by atoms with van der Waals surface area (Å²) in [6, 6.07) is 13.0. The largest absolute Gasteiger partial charge is 0.360 e. The molecule has 0 spiro atoms. The van der Waals surface area contributed by atoms with Crippen LogP contribution in [0.25, 0.3) is 11.3 Å². The molecule has 1 aromatic heterocycles. The Hall–Kier alpha value is -3.19. The van der Waals surface area contributed by atoms with Crippen molar-refractivity contribution in [3.63, 3.8) is 0 Å². The molecule has 8 heteroatoms. The van der Waals surface area contributed by atoms with Crippen LogP contribution < -0.4 is 10.6 Å². The van der Waals surface area contributed by atoms with Crippen LogP contribution in [0.5, 0.6) is 0 Å². The number of para-hydroxylation sites is 1. The van der Waals surface area contributed by atoms with E-state index in [-0.39, 0.29) is 34.1 Å². The van der Waals surface area contributed by atoms with Crippen molar-refractivity contribution < 1.29 is 18.5 Å². The zero-order chi connectivity index (χ0) is 19.4. The van der Waals surface area contributed by atoms with Crippen LogP contribution in [-0.2, 0) is 4.79 Å². The summed E-state index contributed by atoms with van der Waals surface area (Å²) in [6.07, 6.45) is 0. The lowest BCUT2D eigenvalue weighted by Gasteiger charge is -2.08. The molecule has 0 saturated heterocycles. The number of aromatic nitrogens is 1. The number of anilines is 1. The van der Waals surface area contributed by atoms with Gasteiger partial charge in [0.25, 0.3) is 5.91 Å². The predicted octanol–water partition coefficient (Wildman–Crippen LogP) is 3.81. The second-order valence-electron chi connectivity index (χ2n) is 5.66. The normalized spacial score (nSPS) is 10.5. The molecule has 0 aliphatic rings. The van der Waals surface area contributed by atoms with Gasteiger partial charge in [0.1, 0.15) is 22.8 Å². The van der Waals surface area contributed by atoms with E-state index < -0.39 is 17.6 Å². The molecule has 0 aliphatic carbocycles. The third kappa shape index (κ3) is 4.15. The van der Waals surface area contributed by atoms with Gasteiger partial charge in [-0.1, -0.05) is 41.0 Å². The molecule has 0 aliphatic heterocycles. The highest BCUT2D eigenvalue weighted by Gasteiger charge is 2.25. The molecule has 3 aromatic rings. The van der Waals surface area contributed by atoms with Crippen LogP contribution in [0.2, 0.25) is 5.02 Å². The Morgan fingerprint density at radius 1 is 1.15 bits per heavy atom. The van der Waals surface area contributed by atoms with E-state index in [1.165, 1.54) is 25.1 Å². The van der Waals surface area contributed by atoms with Crippen LogP contribution in [0.4, 0.5) is 10.1 Å². The van der Waals surface area contributed by atoms with Crippen LogP contribution in [0.1, 0.15) is 16.1 Å². The Bertz CT molecular complexity index is 969. The lowest BCUT2D eigenvalue weighted by atomic mass is 10.0. The Labute approximate surface area is 159 Å². The summed E-state index contributed by atoms with van der Waals surface area (Å²) >= 11 is 6.05. The van der Waals surface area contributed by atoms with Gasteiger partial charge in [0.15, 0.2) is 0 Å². The zero-order valence-electron chi connectivity index (χ0n) is 14.3. The third-order valence-electron chi connectivity index (χ3n) is 3.76. The third-order valence-corrected chi connectivity index (χ3v) is 4.07. The second kappa shape index (κ2) is 8.01. The first-order chi connectivity index (χ1) is 13.0. The minimum atomic E-state index is -0.633. The van der Waals surface area contributed by atoms with Crippen molar-refractivity contribution in [1.82, 2.24) is 10.5 Å². The summed E-state index contributed by atoms with van der Waals surface area (Å²) in [5, 5.41) is 8.99. The summed E-state index contributed by atoms with van der Waals surface area (Å²) in [5.74, 6) is -1.47. The van der Waals surface area contributed by atoms with Gasteiger partial charge in [0, 0.05) is 5.69 Å². The molecule has 1 heterocycles. The lowest BCUT2D eigenvalue weighted by molar-refractivity contribution is -0.115. The molecule has 0 radical (unpaired) electrons. The fourth-order valence-electron chi connectivity index (χ4n) is 2.51. The molecule has 27 heavy (non-hydrogen) atoms. The molecule has 138 valence electrons. The van der Waals surface area contributed by atoms with E-state index >= 15 is 0 Å². The van der Waals surface area contributed by atoms with Crippen molar-refractivity contribution in [2.45, 2.75) is 6.92 Å². The van der Waals surface area contributed by atoms with E-state index in [0.29, 0.717) is 5.69 Å². The Morgan fingerprint density at radius 2 is 1.89 bits per heavy atom. The Balaban J connectivity index is 1.76. The number of nitrogens with zero attached hydrogens (tertiary/aromatic N) is 1. The van der Waals surface area contributed by atoms with Crippen molar-refractivity contribution >= 4 is 29.1 Å². The first-order valence-electron chi connectivity index (χ1n) is 8.01. The van der Waals surface area contributed by atoms with Gasteiger partial charge in [-0.25, -0.2) is 4.39 Å². The van der Waals surface area contributed by atoms with Gasteiger partial charge in [-0.15, -0.1) is 0 Å². The van der Waals surface area contributed by atoms with Crippen molar-refractivity contribution in [3.05, 3.63) is 70.7 Å². The number of amides is 2. The van der Waals surface area contributed by atoms with Crippen LogP contribution in [0.3, 0.4) is 0 Å². The fraction of sp³-hybridized carbons (Fsp3) is 0.105. The van der Waals surface area contributed by atoms with Crippen LogP contribution in [0.15, 0.2) is 53.1 Å². The molecule has 0 saturated carbocycles. The highest BCUT2D eigenvalue weighted by atomic mass is 35.5. The number of nitrogens with one attached hydrogen (secondary N) is 2. The van der Waals surface area contributed by atoms with Gasteiger partial charge in [0.2, 0.25) is 5.91 Å². The van der Waals surface area contributed by atoms with Gasteiger partial charge in [-0.05, 0) is 31.2 Å². The molecular formula is C19H15ClFN3O3. The molecule has 6 nitrogen and oxygen atoms in total. The molecule has 0 unspecified atom stereocenters. The first kappa shape index (κ1) is 18.6. The number of benzene rings is 2. The maximum Gasteiger partial charge on any atom is 0.257 e. The molecule has 3 rings (SSSR count). The monoisotopic (exact) mass is 387 g/mol. The van der Waals surface area contributed by atoms with E-state index in [9.17, 15) is 14.0 Å². The summed E-state index contributed by atoms with van der Waals surface area (Å²) in [6.45, 7) is 1.24. The molecule has 2 amide bonds. The molecule has 0 fully saturated rings. The fourth-order valence-corrected chi connectivity index (χ4v) is 2.76. The molecule has 0 atom stereocenters. The highest BCUT2D eigenvalue weighted by molar-refractivity contribution is 6.33. The highest BCUT2D eigenvalue weighted by Crippen LogP contribution is 2.33. The quantitative estimate of drug-likeness (QED) is 0.697. The lowest BCUT2D eigenvalue weighted by Crippen LogP contribution is -2.33. The van der Waals surface area contributed by atoms with Crippen LogP contribution >= 0.6 is 11.6 Å². The SMILES string of the molecule is Cc1onc(-c2c(F)cccc2Cl)c1C(=O)NCC(=O)Nc1ccccc1. The van der Waals surface area contributed by atoms with E-state index in [4.69, 9.17) is 16.1 Å². The standard InChI is InChI=1S/C19H15ClFN3O3/c1-11-16(18(24-27-11)17-13(20)8-5-9-14(17)21)19(26)22-10-15(25)23-12-6-3-2-4-7-12/h2-9H,10H2,1H3,(H,22,26)(H,23,25). The zero-order valence-corrected chi connectivity index (χ0v) is 15.0. The van der Waals surface area contributed by atoms with Crippen molar-refractivity contribution in [3.8, 4) is 11.3 Å². The summed E-state index contributed by atoms with van der Waals surface area (Å²) in [7, 11) is 0. The maximum absolute atomic E-state index is 14.2. The number of aryl methyl sites for hydroxylation is 1. The van der Waals surface area contributed by atoms with E-state index in [0.717, 1.165) is 0 Å². The number of carbonyl (C=O) groups excluding carboxylic acids is 2. The Morgan fingerprint density at radius 3 is 2.59 bits per heavy atom. The summed E-state index contributed by atoms with van der Waals surface area (Å²) in [5.41, 5.74) is 0.581. The molecule has 2 N–H and O–H groups in total. The van der Waals surface area contributed by atoms with Crippen LogP contribution in [-0.4, -0.2) is 23.5 Å². The number of halogens is 2. The Kier molecular flexibility index (Phi) is 5.52. The number of hydrogen-bond donors (Lipinski definition) is 2. The minimum absolute atomic E-state index is 0.0171. The molecular weight excluding hydrogens is 373 g/mol. The van der Waals surface area contributed by atoms with Crippen molar-refractivity contribution in [1.29, 1.82) is 0 Å². The maximum atomic E-state index is 14.2. The van der Waals surface area contributed by atoms with Gasteiger partial charge >= 0.3 is 0 Å². The van der Waals surface area contributed by atoms with Crippen molar-refractivity contribution in [2.75, 3.05) is 11.9 Å². The number of hydrogen-bond acceptors (Lipinski definition) is 4. The van der Waals surface area contributed by atoms with E-state index in [1.54, 1.807) is 24.3 Å². The van der Waals surface area contributed by atoms with Gasteiger partial charge in [0.05, 0.1) is 17.1 Å². The molecule has 0 bridgehead atoms. The predicted molar refractivity (Wildman–Crippen MR) is 99.0 cm³/mol. The topological polar surface area (TPSA) is 84.2 Å². The van der Waals surface area contributed by atoms with E-state index in [1.807, 2.05) is 6.07 Å². The van der Waals surface area contributed by atoms with Gasteiger partial charge < -0.3 is 15.2 Å². The average molecular weight is 388 g/mol. The van der Waals surface area contributed by atoms with Gasteiger partial charge in [-0.3, -0.25) is 9.59 Å². The minimum Gasteiger partial charge on any atom is -0.360 e. The number of rotatable bonds is 5. The number of carbonyl (C=O) groups is 2.